The molecule has 0 aromatic heterocycles. The lowest BCUT2D eigenvalue weighted by Crippen LogP contribution is -2.33. The van der Waals surface area contributed by atoms with E-state index in [1.165, 1.54) is 0 Å². The van der Waals surface area contributed by atoms with Gasteiger partial charge in [-0.25, -0.2) is 0 Å². The molecule has 0 saturated heterocycles. The van der Waals surface area contributed by atoms with Crippen molar-refractivity contribution in [2.75, 3.05) is 6.54 Å². The number of unbranched alkanes of at least 4 members (excludes halogenated alkanes) is 2. The first-order valence-electron chi connectivity index (χ1n) is 5.56. The van der Waals surface area contributed by atoms with Crippen LogP contribution < -0.4 is 5.32 Å². The van der Waals surface area contributed by atoms with Crippen LogP contribution in [-0.4, -0.2) is 18.2 Å². The molecule has 3 nitrogen and oxygen atoms in total. The summed E-state index contributed by atoms with van der Waals surface area (Å²) in [5.41, 5.74) is 0. The smallest absolute Gasteiger partial charge is 0.230 e. The van der Waals surface area contributed by atoms with E-state index in [4.69, 9.17) is 0 Å². The summed E-state index contributed by atoms with van der Waals surface area (Å²) in [5, 5.41) is 2.83. The lowest BCUT2D eigenvalue weighted by Gasteiger charge is -2.08. The second-order valence-electron chi connectivity index (χ2n) is 3.91. The summed E-state index contributed by atoms with van der Waals surface area (Å²) in [6, 6.07) is 0. The van der Waals surface area contributed by atoms with E-state index in [1.54, 1.807) is 0 Å². The van der Waals surface area contributed by atoms with E-state index in [0.717, 1.165) is 38.6 Å². The van der Waals surface area contributed by atoms with E-state index < -0.39 is 0 Å². The third kappa shape index (κ3) is 3.13. The molecule has 0 heterocycles. The molecule has 0 radical (unpaired) electrons. The summed E-state index contributed by atoms with van der Waals surface area (Å²) < 4.78 is 0. The summed E-state index contributed by atoms with van der Waals surface area (Å²) in [6.07, 6.45) is 5.53. The van der Waals surface area contributed by atoms with Crippen LogP contribution in [0.3, 0.4) is 0 Å². The maximum Gasteiger partial charge on any atom is 0.230 e. The van der Waals surface area contributed by atoms with Crippen molar-refractivity contribution in [2.45, 2.75) is 45.4 Å². The third-order valence-corrected chi connectivity index (χ3v) is 2.70. The van der Waals surface area contributed by atoms with Gasteiger partial charge in [0.2, 0.25) is 5.91 Å². The number of rotatable bonds is 5. The zero-order chi connectivity index (χ0) is 10.4. The van der Waals surface area contributed by atoms with E-state index in [-0.39, 0.29) is 17.6 Å². The Bertz CT molecular complexity index is 213. The number of hydrogen-bond acceptors (Lipinski definition) is 2. The van der Waals surface area contributed by atoms with Crippen LogP contribution in [0.15, 0.2) is 0 Å². The average molecular weight is 197 g/mol. The first-order valence-corrected chi connectivity index (χ1v) is 5.56. The summed E-state index contributed by atoms with van der Waals surface area (Å²) >= 11 is 0. The van der Waals surface area contributed by atoms with Crippen LogP contribution in [-0.2, 0) is 9.59 Å². The molecular weight excluding hydrogens is 178 g/mol. The second-order valence-corrected chi connectivity index (χ2v) is 3.91. The van der Waals surface area contributed by atoms with Crippen LogP contribution in [0, 0.1) is 5.92 Å². The van der Waals surface area contributed by atoms with E-state index in [2.05, 4.69) is 12.2 Å². The predicted molar refractivity (Wildman–Crippen MR) is 54.9 cm³/mol. The highest BCUT2D eigenvalue weighted by Gasteiger charge is 2.30. The molecule has 1 fully saturated rings. The van der Waals surface area contributed by atoms with Crippen molar-refractivity contribution < 1.29 is 9.59 Å². The standard InChI is InChI=1S/C11H19NO2/c1-2-3-4-8-12-11(14)9-6-5-7-10(9)13/h9H,2-8H2,1H3,(H,12,14). The lowest BCUT2D eigenvalue weighted by molar-refractivity contribution is -0.132. The Morgan fingerprint density at radius 2 is 2.29 bits per heavy atom. The molecule has 0 aromatic rings. The van der Waals surface area contributed by atoms with Crippen LogP contribution in [0.25, 0.3) is 0 Å². The number of hydrogen-bond donors (Lipinski definition) is 1. The minimum atomic E-state index is -0.336. The molecule has 0 bridgehead atoms. The van der Waals surface area contributed by atoms with E-state index in [9.17, 15) is 9.59 Å². The number of carbonyl (C=O) groups excluding carboxylic acids is 2. The van der Waals surface area contributed by atoms with Crippen LogP contribution in [0.5, 0.6) is 0 Å². The molecule has 14 heavy (non-hydrogen) atoms. The Hall–Kier alpha value is -0.860. The van der Waals surface area contributed by atoms with Crippen molar-refractivity contribution in [1.82, 2.24) is 5.32 Å². The maximum absolute atomic E-state index is 11.5. The van der Waals surface area contributed by atoms with Crippen molar-refractivity contribution in [3.05, 3.63) is 0 Å². The normalized spacial score (nSPS) is 21.2. The van der Waals surface area contributed by atoms with Crippen LogP contribution in [0.1, 0.15) is 45.4 Å². The van der Waals surface area contributed by atoms with E-state index in [0.29, 0.717) is 6.42 Å². The first-order chi connectivity index (χ1) is 6.75. The van der Waals surface area contributed by atoms with Gasteiger partial charge in [0, 0.05) is 13.0 Å². The largest absolute Gasteiger partial charge is 0.355 e. The molecule has 0 aromatic carbocycles. The topological polar surface area (TPSA) is 46.2 Å². The van der Waals surface area contributed by atoms with Crippen molar-refractivity contribution in [3.63, 3.8) is 0 Å². The number of nitrogens with one attached hydrogen (secondary N) is 1. The summed E-state index contributed by atoms with van der Waals surface area (Å²) in [7, 11) is 0. The Balaban J connectivity index is 2.18. The highest BCUT2D eigenvalue weighted by atomic mass is 16.2. The van der Waals surface area contributed by atoms with Gasteiger partial charge < -0.3 is 5.32 Å². The molecule has 1 aliphatic carbocycles. The zero-order valence-corrected chi connectivity index (χ0v) is 8.84. The fourth-order valence-electron chi connectivity index (χ4n) is 1.80. The molecule has 1 saturated carbocycles. The van der Waals surface area contributed by atoms with E-state index >= 15 is 0 Å². The molecule has 1 atom stereocenters. The summed E-state index contributed by atoms with van der Waals surface area (Å²) in [4.78, 5) is 22.7. The third-order valence-electron chi connectivity index (χ3n) is 2.70. The van der Waals surface area contributed by atoms with Crippen molar-refractivity contribution in [3.8, 4) is 0 Å². The molecule has 80 valence electrons. The Labute approximate surface area is 85.3 Å². The predicted octanol–water partition coefficient (Wildman–Crippen LogP) is 1.66. The first kappa shape index (κ1) is 11.2. The molecule has 1 amide bonds. The van der Waals surface area contributed by atoms with E-state index in [1.807, 2.05) is 0 Å². The highest BCUT2D eigenvalue weighted by Crippen LogP contribution is 2.21. The van der Waals surface area contributed by atoms with Gasteiger partial charge in [0.05, 0.1) is 5.92 Å². The fraction of sp³-hybridized carbons (Fsp3) is 0.818. The minimum Gasteiger partial charge on any atom is -0.355 e. The van der Waals surface area contributed by atoms with Gasteiger partial charge in [-0.1, -0.05) is 19.8 Å². The molecule has 3 heteroatoms. The molecule has 0 spiro atoms. The van der Waals surface area contributed by atoms with Crippen LogP contribution >= 0.6 is 0 Å². The quantitative estimate of drug-likeness (QED) is 0.538. The van der Waals surface area contributed by atoms with Gasteiger partial charge in [0.25, 0.3) is 0 Å². The summed E-state index contributed by atoms with van der Waals surface area (Å²) in [5.74, 6) is -0.266. The molecule has 1 unspecified atom stereocenters. The Morgan fingerprint density at radius 1 is 1.50 bits per heavy atom. The number of amides is 1. The zero-order valence-electron chi connectivity index (χ0n) is 8.84. The molecule has 1 rings (SSSR count). The molecule has 1 aliphatic rings. The number of carbonyl (C=O) groups is 2. The Morgan fingerprint density at radius 3 is 2.86 bits per heavy atom. The lowest BCUT2D eigenvalue weighted by atomic mass is 10.1. The number of Topliss-reactive ketones (excluding diaryl/α,β-unsaturated/α-hetero) is 1. The minimum absolute atomic E-state index is 0.0522. The SMILES string of the molecule is CCCCCNC(=O)C1CCCC1=O. The maximum atomic E-state index is 11.5. The van der Waals surface area contributed by atoms with Gasteiger partial charge in [-0.05, 0) is 19.3 Å². The van der Waals surface area contributed by atoms with Gasteiger partial charge in [0.15, 0.2) is 0 Å². The van der Waals surface area contributed by atoms with Gasteiger partial charge in [0.1, 0.15) is 5.78 Å². The summed E-state index contributed by atoms with van der Waals surface area (Å²) in [6.45, 7) is 2.85. The Kier molecular flexibility index (Phi) is 4.63. The highest BCUT2D eigenvalue weighted by molar-refractivity contribution is 6.02. The van der Waals surface area contributed by atoms with Crippen molar-refractivity contribution in [1.29, 1.82) is 0 Å². The van der Waals surface area contributed by atoms with Gasteiger partial charge in [-0.3, -0.25) is 9.59 Å². The molecule has 0 aliphatic heterocycles. The van der Waals surface area contributed by atoms with Crippen LogP contribution in [0.2, 0.25) is 0 Å². The van der Waals surface area contributed by atoms with Crippen molar-refractivity contribution in [2.24, 2.45) is 5.92 Å². The number of ketones is 1. The average Bonchev–Trinajstić information content (AvgIpc) is 2.59. The monoisotopic (exact) mass is 197 g/mol. The van der Waals surface area contributed by atoms with Gasteiger partial charge in [-0.2, -0.15) is 0 Å². The molecular formula is C11H19NO2. The van der Waals surface area contributed by atoms with Gasteiger partial charge in [-0.15, -0.1) is 0 Å². The van der Waals surface area contributed by atoms with Gasteiger partial charge >= 0.3 is 0 Å². The fourth-order valence-corrected chi connectivity index (χ4v) is 1.80. The molecule has 1 N–H and O–H groups in total. The second kappa shape index (κ2) is 5.78. The van der Waals surface area contributed by atoms with Crippen molar-refractivity contribution >= 4 is 11.7 Å². The van der Waals surface area contributed by atoms with Crippen LogP contribution in [0.4, 0.5) is 0 Å².